The predicted molar refractivity (Wildman–Crippen MR) is 58.7 cm³/mol. The molecule has 0 aliphatic carbocycles. The van der Waals surface area contributed by atoms with Crippen molar-refractivity contribution >= 4 is 0 Å². The van der Waals surface area contributed by atoms with Crippen LogP contribution in [0.5, 0.6) is 0 Å². The molecular weight excluding hydrogens is 190 g/mol. The van der Waals surface area contributed by atoms with Crippen LogP contribution in [-0.2, 0) is 11.3 Å². The van der Waals surface area contributed by atoms with Gasteiger partial charge in [-0.15, -0.1) is 0 Å². The van der Waals surface area contributed by atoms with Crippen molar-refractivity contribution < 1.29 is 9.15 Å². The molecule has 1 fully saturated rings. The first-order valence-electron chi connectivity index (χ1n) is 5.61. The van der Waals surface area contributed by atoms with Crippen LogP contribution in [0.1, 0.15) is 24.7 Å². The Morgan fingerprint density at radius 1 is 1.60 bits per heavy atom. The van der Waals surface area contributed by atoms with Crippen LogP contribution in [0.3, 0.4) is 0 Å². The van der Waals surface area contributed by atoms with Crippen LogP contribution in [0.25, 0.3) is 0 Å². The van der Waals surface area contributed by atoms with Crippen molar-refractivity contribution in [3.05, 3.63) is 23.7 Å². The van der Waals surface area contributed by atoms with Crippen LogP contribution >= 0.6 is 0 Å². The first kappa shape index (κ1) is 10.7. The van der Waals surface area contributed by atoms with Gasteiger partial charge in [-0.25, -0.2) is 0 Å². The van der Waals surface area contributed by atoms with E-state index in [1.54, 1.807) is 6.26 Å². The van der Waals surface area contributed by atoms with Gasteiger partial charge in [-0.3, -0.25) is 0 Å². The van der Waals surface area contributed by atoms with Crippen LogP contribution in [0.2, 0.25) is 0 Å². The summed E-state index contributed by atoms with van der Waals surface area (Å²) in [6.07, 6.45) is 2.92. The highest BCUT2D eigenvalue weighted by molar-refractivity contribution is 5.14. The standard InChI is InChI=1S/C12H19NO2/c1-9-3-6-15-12(9)7-13-10(2)11-4-5-14-8-11/h3,6,10-11,13H,4-5,7-8H2,1-2H3. The van der Waals surface area contributed by atoms with Crippen molar-refractivity contribution in [3.63, 3.8) is 0 Å². The highest BCUT2D eigenvalue weighted by Crippen LogP contribution is 2.17. The van der Waals surface area contributed by atoms with Crippen LogP contribution in [0.15, 0.2) is 16.7 Å². The van der Waals surface area contributed by atoms with Gasteiger partial charge < -0.3 is 14.5 Å². The smallest absolute Gasteiger partial charge is 0.120 e. The third kappa shape index (κ3) is 2.61. The zero-order valence-corrected chi connectivity index (χ0v) is 9.45. The zero-order valence-electron chi connectivity index (χ0n) is 9.45. The minimum Gasteiger partial charge on any atom is -0.468 e. The largest absolute Gasteiger partial charge is 0.468 e. The molecule has 1 N–H and O–H groups in total. The van der Waals surface area contributed by atoms with Gasteiger partial charge in [0, 0.05) is 12.6 Å². The number of nitrogens with one attached hydrogen (secondary N) is 1. The molecular formula is C12H19NO2. The minimum atomic E-state index is 0.497. The molecule has 1 aliphatic heterocycles. The van der Waals surface area contributed by atoms with Crippen molar-refractivity contribution in [3.8, 4) is 0 Å². The summed E-state index contributed by atoms with van der Waals surface area (Å²) in [4.78, 5) is 0. The molecule has 0 amide bonds. The molecule has 0 saturated carbocycles. The van der Waals surface area contributed by atoms with E-state index in [-0.39, 0.29) is 0 Å². The summed E-state index contributed by atoms with van der Waals surface area (Å²) in [5.74, 6) is 1.70. The van der Waals surface area contributed by atoms with Gasteiger partial charge in [-0.2, -0.15) is 0 Å². The Balaban J connectivity index is 1.80. The van der Waals surface area contributed by atoms with Crippen molar-refractivity contribution in [1.29, 1.82) is 0 Å². The monoisotopic (exact) mass is 209 g/mol. The van der Waals surface area contributed by atoms with Crippen molar-refractivity contribution in [2.45, 2.75) is 32.9 Å². The molecule has 3 heteroatoms. The van der Waals surface area contributed by atoms with Crippen LogP contribution in [0, 0.1) is 12.8 Å². The Kier molecular flexibility index (Phi) is 3.44. The van der Waals surface area contributed by atoms with E-state index in [0.29, 0.717) is 12.0 Å². The molecule has 0 spiro atoms. The summed E-state index contributed by atoms with van der Waals surface area (Å²) in [7, 11) is 0. The summed E-state index contributed by atoms with van der Waals surface area (Å²) in [5.41, 5.74) is 1.22. The van der Waals surface area contributed by atoms with Gasteiger partial charge >= 0.3 is 0 Å². The number of aryl methyl sites for hydroxylation is 1. The van der Waals surface area contributed by atoms with E-state index in [9.17, 15) is 0 Å². The van der Waals surface area contributed by atoms with E-state index in [1.807, 2.05) is 6.07 Å². The van der Waals surface area contributed by atoms with E-state index in [4.69, 9.17) is 9.15 Å². The first-order chi connectivity index (χ1) is 7.27. The third-order valence-electron chi connectivity index (χ3n) is 3.22. The summed E-state index contributed by atoms with van der Waals surface area (Å²) >= 11 is 0. The van der Waals surface area contributed by atoms with Crippen LogP contribution in [0.4, 0.5) is 0 Å². The fraction of sp³-hybridized carbons (Fsp3) is 0.667. The molecule has 1 aliphatic rings. The van der Waals surface area contributed by atoms with E-state index >= 15 is 0 Å². The van der Waals surface area contributed by atoms with Gasteiger partial charge in [0.05, 0.1) is 19.4 Å². The van der Waals surface area contributed by atoms with Crippen molar-refractivity contribution in [2.24, 2.45) is 5.92 Å². The second-order valence-corrected chi connectivity index (χ2v) is 4.32. The lowest BCUT2D eigenvalue weighted by Crippen LogP contribution is -2.33. The van der Waals surface area contributed by atoms with Crippen LogP contribution in [-0.4, -0.2) is 19.3 Å². The van der Waals surface area contributed by atoms with Crippen molar-refractivity contribution in [2.75, 3.05) is 13.2 Å². The lowest BCUT2D eigenvalue weighted by molar-refractivity contribution is 0.178. The Labute approximate surface area is 90.8 Å². The molecule has 15 heavy (non-hydrogen) atoms. The van der Waals surface area contributed by atoms with Crippen molar-refractivity contribution in [1.82, 2.24) is 5.32 Å². The second kappa shape index (κ2) is 4.81. The molecule has 0 radical (unpaired) electrons. The average molecular weight is 209 g/mol. The summed E-state index contributed by atoms with van der Waals surface area (Å²) < 4.78 is 10.8. The third-order valence-corrected chi connectivity index (χ3v) is 3.22. The highest BCUT2D eigenvalue weighted by atomic mass is 16.5. The van der Waals surface area contributed by atoms with Gasteiger partial charge in [0.2, 0.25) is 0 Å². The Morgan fingerprint density at radius 3 is 3.07 bits per heavy atom. The molecule has 0 aromatic carbocycles. The van der Waals surface area contributed by atoms with E-state index in [0.717, 1.165) is 25.5 Å². The zero-order chi connectivity index (χ0) is 10.7. The van der Waals surface area contributed by atoms with E-state index in [1.165, 1.54) is 12.0 Å². The van der Waals surface area contributed by atoms with Gasteiger partial charge in [0.25, 0.3) is 0 Å². The molecule has 0 bridgehead atoms. The average Bonchev–Trinajstić information content (AvgIpc) is 2.85. The molecule has 1 aromatic rings. The maximum atomic E-state index is 5.38. The number of ether oxygens (including phenoxy) is 1. The normalized spacial score (nSPS) is 23.2. The van der Waals surface area contributed by atoms with Gasteiger partial charge in [0.15, 0.2) is 0 Å². The number of hydrogen-bond acceptors (Lipinski definition) is 3. The quantitative estimate of drug-likeness (QED) is 0.824. The van der Waals surface area contributed by atoms with Gasteiger partial charge in [0.1, 0.15) is 5.76 Å². The van der Waals surface area contributed by atoms with Gasteiger partial charge in [-0.1, -0.05) is 0 Å². The summed E-state index contributed by atoms with van der Waals surface area (Å²) in [6.45, 7) is 6.92. The molecule has 1 aromatic heterocycles. The first-order valence-corrected chi connectivity index (χ1v) is 5.61. The molecule has 2 atom stereocenters. The molecule has 2 rings (SSSR count). The van der Waals surface area contributed by atoms with Gasteiger partial charge in [-0.05, 0) is 37.8 Å². The Bertz CT molecular complexity index is 302. The fourth-order valence-electron chi connectivity index (χ4n) is 1.95. The van der Waals surface area contributed by atoms with E-state index in [2.05, 4.69) is 19.2 Å². The molecule has 1 saturated heterocycles. The summed E-state index contributed by atoms with van der Waals surface area (Å²) in [5, 5.41) is 3.49. The molecule has 2 heterocycles. The predicted octanol–water partition coefficient (Wildman–Crippen LogP) is 2.10. The number of rotatable bonds is 4. The lowest BCUT2D eigenvalue weighted by atomic mass is 10.0. The summed E-state index contributed by atoms with van der Waals surface area (Å²) in [6, 6.07) is 2.50. The van der Waals surface area contributed by atoms with Crippen LogP contribution < -0.4 is 5.32 Å². The molecule has 2 unspecified atom stereocenters. The fourth-order valence-corrected chi connectivity index (χ4v) is 1.95. The molecule has 84 valence electrons. The number of hydrogen-bond donors (Lipinski definition) is 1. The Morgan fingerprint density at radius 2 is 2.47 bits per heavy atom. The SMILES string of the molecule is Cc1ccoc1CNC(C)C1CCOC1. The second-order valence-electron chi connectivity index (χ2n) is 4.32. The maximum absolute atomic E-state index is 5.38. The lowest BCUT2D eigenvalue weighted by Gasteiger charge is -2.18. The maximum Gasteiger partial charge on any atom is 0.120 e. The minimum absolute atomic E-state index is 0.497. The topological polar surface area (TPSA) is 34.4 Å². The highest BCUT2D eigenvalue weighted by Gasteiger charge is 2.21. The van der Waals surface area contributed by atoms with E-state index < -0.39 is 0 Å². The molecule has 3 nitrogen and oxygen atoms in total. The Hall–Kier alpha value is -0.800. The number of furan rings is 1.